The molecule has 106 valence electrons. The number of nitrogens with one attached hydrogen (secondary N) is 1. The second-order valence-electron chi connectivity index (χ2n) is 7.02. The maximum Gasteiger partial charge on any atom is 0.0327 e. The monoisotopic (exact) mass is 252 g/mol. The van der Waals surface area contributed by atoms with E-state index in [1.165, 1.54) is 64.3 Å². The Morgan fingerprint density at radius 1 is 1.00 bits per heavy atom. The van der Waals surface area contributed by atoms with Crippen LogP contribution in [0.25, 0.3) is 0 Å². The Morgan fingerprint density at radius 2 is 1.72 bits per heavy atom. The Morgan fingerprint density at radius 3 is 2.39 bits per heavy atom. The molecule has 18 heavy (non-hydrogen) atoms. The number of nitrogens with zero attached hydrogens (tertiary/aromatic N) is 1. The van der Waals surface area contributed by atoms with E-state index >= 15 is 0 Å². The lowest BCUT2D eigenvalue weighted by molar-refractivity contribution is 0.147. The molecule has 2 saturated carbocycles. The molecule has 0 aromatic carbocycles. The third kappa shape index (κ3) is 3.48. The first-order valence-electron chi connectivity index (χ1n) is 8.03. The summed E-state index contributed by atoms with van der Waals surface area (Å²) in [4.78, 5) is 2.48. The molecule has 2 rings (SSSR count). The van der Waals surface area contributed by atoms with Gasteiger partial charge >= 0.3 is 0 Å². The van der Waals surface area contributed by atoms with Crippen molar-refractivity contribution in [1.29, 1.82) is 0 Å². The summed E-state index contributed by atoms with van der Waals surface area (Å²) in [6.07, 6.45) is 12.7. The molecule has 0 saturated heterocycles. The van der Waals surface area contributed by atoms with Crippen molar-refractivity contribution in [3.05, 3.63) is 0 Å². The van der Waals surface area contributed by atoms with Crippen molar-refractivity contribution in [2.24, 2.45) is 5.92 Å². The van der Waals surface area contributed by atoms with Crippen molar-refractivity contribution in [3.63, 3.8) is 0 Å². The van der Waals surface area contributed by atoms with Crippen molar-refractivity contribution >= 4 is 0 Å². The smallest absolute Gasteiger partial charge is 0.0327 e. The van der Waals surface area contributed by atoms with E-state index in [-0.39, 0.29) is 0 Å². The van der Waals surface area contributed by atoms with Crippen LogP contribution < -0.4 is 5.32 Å². The van der Waals surface area contributed by atoms with Gasteiger partial charge in [-0.1, -0.05) is 32.6 Å². The number of rotatable bonds is 4. The van der Waals surface area contributed by atoms with Crippen LogP contribution in [0.4, 0.5) is 0 Å². The molecule has 0 spiro atoms. The Balaban J connectivity index is 1.82. The molecule has 0 aromatic heterocycles. The molecule has 0 aliphatic heterocycles. The van der Waals surface area contributed by atoms with Gasteiger partial charge in [-0.2, -0.15) is 0 Å². The SMILES string of the molecule is CC1CCCC(NCC2(N(C)C)CCCC2)CC1. The Labute approximate surface area is 114 Å². The van der Waals surface area contributed by atoms with E-state index in [0.29, 0.717) is 5.54 Å². The molecule has 2 unspecified atom stereocenters. The van der Waals surface area contributed by atoms with Crippen LogP contribution in [0, 0.1) is 5.92 Å². The van der Waals surface area contributed by atoms with Crippen LogP contribution >= 0.6 is 0 Å². The normalized spacial score (nSPS) is 32.7. The van der Waals surface area contributed by atoms with Gasteiger partial charge in [0.25, 0.3) is 0 Å². The van der Waals surface area contributed by atoms with E-state index in [1.54, 1.807) is 0 Å². The molecule has 2 nitrogen and oxygen atoms in total. The van der Waals surface area contributed by atoms with Gasteiger partial charge in [0.1, 0.15) is 0 Å². The van der Waals surface area contributed by atoms with Gasteiger partial charge in [0, 0.05) is 18.1 Å². The summed E-state index contributed by atoms with van der Waals surface area (Å²) in [5.74, 6) is 0.950. The molecule has 2 aliphatic carbocycles. The lowest BCUT2D eigenvalue weighted by Crippen LogP contribution is -2.51. The quantitative estimate of drug-likeness (QED) is 0.771. The summed E-state index contributed by atoms with van der Waals surface area (Å²) >= 11 is 0. The Hall–Kier alpha value is -0.0800. The third-order valence-corrected chi connectivity index (χ3v) is 5.46. The van der Waals surface area contributed by atoms with Gasteiger partial charge in [0.2, 0.25) is 0 Å². The van der Waals surface area contributed by atoms with Crippen LogP contribution in [0.3, 0.4) is 0 Å². The fraction of sp³-hybridized carbons (Fsp3) is 1.00. The molecule has 0 heterocycles. The summed E-state index contributed by atoms with van der Waals surface area (Å²) in [7, 11) is 4.53. The highest BCUT2D eigenvalue weighted by molar-refractivity contribution is 4.95. The van der Waals surface area contributed by atoms with Gasteiger partial charge in [0.15, 0.2) is 0 Å². The Bertz CT molecular complexity index is 243. The van der Waals surface area contributed by atoms with Crippen LogP contribution in [0.1, 0.15) is 64.7 Å². The largest absolute Gasteiger partial charge is 0.312 e. The highest BCUT2D eigenvalue weighted by Gasteiger charge is 2.36. The van der Waals surface area contributed by atoms with E-state index in [2.05, 4.69) is 31.2 Å². The van der Waals surface area contributed by atoms with Gasteiger partial charge in [-0.15, -0.1) is 0 Å². The van der Waals surface area contributed by atoms with Crippen LogP contribution in [-0.2, 0) is 0 Å². The fourth-order valence-corrected chi connectivity index (χ4v) is 3.84. The van der Waals surface area contributed by atoms with Gasteiger partial charge in [0.05, 0.1) is 0 Å². The van der Waals surface area contributed by atoms with Crippen molar-refractivity contribution in [2.75, 3.05) is 20.6 Å². The maximum absolute atomic E-state index is 3.90. The second-order valence-corrected chi connectivity index (χ2v) is 7.02. The van der Waals surface area contributed by atoms with Crippen LogP contribution in [-0.4, -0.2) is 37.1 Å². The summed E-state index contributed by atoms with van der Waals surface area (Å²) in [6, 6.07) is 0.785. The predicted molar refractivity (Wildman–Crippen MR) is 78.9 cm³/mol. The highest BCUT2D eigenvalue weighted by Crippen LogP contribution is 2.33. The van der Waals surface area contributed by atoms with E-state index in [1.807, 2.05) is 0 Å². The van der Waals surface area contributed by atoms with Crippen molar-refractivity contribution in [2.45, 2.75) is 76.3 Å². The second kappa shape index (κ2) is 6.38. The molecular formula is C16H32N2. The standard InChI is InChI=1S/C16H32N2/c1-14-7-6-8-15(10-9-14)17-13-16(18(2)3)11-4-5-12-16/h14-15,17H,4-13H2,1-3H3. The van der Waals surface area contributed by atoms with E-state index in [4.69, 9.17) is 0 Å². The van der Waals surface area contributed by atoms with E-state index in [9.17, 15) is 0 Å². The zero-order chi connectivity index (χ0) is 13.0. The number of hydrogen-bond acceptors (Lipinski definition) is 2. The molecule has 0 amide bonds. The molecule has 0 bridgehead atoms. The van der Waals surface area contributed by atoms with Crippen molar-refractivity contribution < 1.29 is 0 Å². The summed E-state index contributed by atoms with van der Waals surface area (Å²) in [5, 5.41) is 3.90. The Kier molecular flexibility index (Phi) is 5.08. The molecule has 2 atom stereocenters. The topological polar surface area (TPSA) is 15.3 Å². The van der Waals surface area contributed by atoms with Crippen molar-refractivity contribution in [3.8, 4) is 0 Å². The van der Waals surface area contributed by atoms with Gasteiger partial charge in [-0.05, 0) is 52.1 Å². The first kappa shape index (κ1) is 14.3. The minimum Gasteiger partial charge on any atom is -0.312 e. The highest BCUT2D eigenvalue weighted by atomic mass is 15.2. The minimum absolute atomic E-state index is 0.456. The maximum atomic E-state index is 3.90. The molecule has 2 aliphatic rings. The van der Waals surface area contributed by atoms with Gasteiger partial charge in [-0.3, -0.25) is 0 Å². The predicted octanol–water partition coefficient (Wildman–Crippen LogP) is 3.42. The van der Waals surface area contributed by atoms with Crippen LogP contribution in [0.15, 0.2) is 0 Å². The van der Waals surface area contributed by atoms with Crippen molar-refractivity contribution in [1.82, 2.24) is 10.2 Å². The molecule has 2 fully saturated rings. The van der Waals surface area contributed by atoms with Crippen LogP contribution in [0.5, 0.6) is 0 Å². The molecule has 1 N–H and O–H groups in total. The van der Waals surface area contributed by atoms with Gasteiger partial charge in [-0.25, -0.2) is 0 Å². The number of hydrogen-bond donors (Lipinski definition) is 1. The average molecular weight is 252 g/mol. The molecular weight excluding hydrogens is 220 g/mol. The number of likely N-dealkylation sites (N-methyl/N-ethyl adjacent to an activating group) is 1. The zero-order valence-corrected chi connectivity index (χ0v) is 12.7. The third-order valence-electron chi connectivity index (χ3n) is 5.46. The average Bonchev–Trinajstić information content (AvgIpc) is 2.73. The lowest BCUT2D eigenvalue weighted by Gasteiger charge is -2.38. The van der Waals surface area contributed by atoms with E-state index in [0.717, 1.165) is 12.0 Å². The molecule has 0 aromatic rings. The lowest BCUT2D eigenvalue weighted by atomic mass is 9.95. The first-order chi connectivity index (χ1) is 8.62. The summed E-state index contributed by atoms with van der Waals surface area (Å²) < 4.78 is 0. The molecule has 2 heteroatoms. The first-order valence-corrected chi connectivity index (χ1v) is 8.03. The van der Waals surface area contributed by atoms with E-state index < -0.39 is 0 Å². The van der Waals surface area contributed by atoms with Gasteiger partial charge < -0.3 is 10.2 Å². The minimum atomic E-state index is 0.456. The summed E-state index contributed by atoms with van der Waals surface area (Å²) in [5.41, 5.74) is 0.456. The summed E-state index contributed by atoms with van der Waals surface area (Å²) in [6.45, 7) is 3.62. The zero-order valence-electron chi connectivity index (χ0n) is 12.7. The fourth-order valence-electron chi connectivity index (χ4n) is 3.84. The molecule has 0 radical (unpaired) electrons. The van der Waals surface area contributed by atoms with Crippen LogP contribution in [0.2, 0.25) is 0 Å².